The van der Waals surface area contributed by atoms with Crippen LogP contribution < -0.4 is 5.56 Å². The molecule has 7 nitrogen and oxygen atoms in total. The molecule has 0 saturated heterocycles. The van der Waals surface area contributed by atoms with Crippen molar-refractivity contribution in [3.05, 3.63) is 55.3 Å². The molecule has 1 aliphatic rings. The quantitative estimate of drug-likeness (QED) is 0.417. The second kappa shape index (κ2) is 7.41. The highest BCUT2D eigenvalue weighted by atomic mass is 32.2. The Morgan fingerprint density at radius 1 is 1.32 bits per heavy atom. The van der Waals surface area contributed by atoms with E-state index in [-0.39, 0.29) is 5.56 Å². The summed E-state index contributed by atoms with van der Waals surface area (Å²) in [4.78, 5) is 18.9. The van der Waals surface area contributed by atoms with E-state index in [0.29, 0.717) is 16.8 Å². The molecule has 1 fully saturated rings. The largest absolute Gasteiger partial charge is 0.303 e. The number of thiophene rings is 1. The van der Waals surface area contributed by atoms with E-state index >= 15 is 0 Å². The van der Waals surface area contributed by atoms with Crippen molar-refractivity contribution in [2.45, 2.75) is 49.6 Å². The Morgan fingerprint density at radius 2 is 2.21 bits per heavy atom. The summed E-state index contributed by atoms with van der Waals surface area (Å²) in [5, 5.41) is 17.1. The van der Waals surface area contributed by atoms with Crippen LogP contribution >= 0.6 is 34.4 Å². The van der Waals surface area contributed by atoms with Gasteiger partial charge >= 0.3 is 0 Å². The first-order valence-corrected chi connectivity index (χ1v) is 11.9. The Kier molecular flexibility index (Phi) is 4.77. The first-order chi connectivity index (χ1) is 13.7. The lowest BCUT2D eigenvalue weighted by Crippen LogP contribution is -2.15. The highest BCUT2D eigenvalue weighted by molar-refractivity contribution is 7.98. The summed E-state index contributed by atoms with van der Waals surface area (Å²) >= 11 is 4.81. The molecule has 28 heavy (non-hydrogen) atoms. The Labute approximate surface area is 173 Å². The fourth-order valence-corrected chi connectivity index (χ4v) is 5.52. The first kappa shape index (κ1) is 18.0. The fourth-order valence-electron chi connectivity index (χ4n) is 3.05. The van der Waals surface area contributed by atoms with Crippen molar-refractivity contribution in [1.82, 2.24) is 29.4 Å². The van der Waals surface area contributed by atoms with Gasteiger partial charge in [0.05, 0.1) is 5.69 Å². The van der Waals surface area contributed by atoms with E-state index in [1.54, 1.807) is 29.2 Å². The van der Waals surface area contributed by atoms with Gasteiger partial charge in [0.25, 0.3) is 5.56 Å². The van der Waals surface area contributed by atoms with E-state index < -0.39 is 0 Å². The van der Waals surface area contributed by atoms with Gasteiger partial charge in [-0.2, -0.15) is 9.61 Å². The molecule has 1 aliphatic carbocycles. The number of hydrogen-bond acceptors (Lipinski definition) is 8. The van der Waals surface area contributed by atoms with Crippen molar-refractivity contribution >= 4 is 39.4 Å². The summed E-state index contributed by atoms with van der Waals surface area (Å²) in [6.07, 6.45) is 3.97. The van der Waals surface area contributed by atoms with E-state index in [0.717, 1.165) is 34.5 Å². The second-order valence-corrected chi connectivity index (χ2v) is 9.69. The maximum Gasteiger partial charge on any atom is 0.275 e. The van der Waals surface area contributed by atoms with Gasteiger partial charge in [0, 0.05) is 29.2 Å². The number of fused-ring (bicyclic) bond motifs is 1. The molecule has 0 spiro atoms. The summed E-state index contributed by atoms with van der Waals surface area (Å²) in [5.41, 5.74) is 0.630. The Morgan fingerprint density at radius 3 is 2.96 bits per heavy atom. The van der Waals surface area contributed by atoms with Gasteiger partial charge in [0.2, 0.25) is 4.96 Å². The van der Waals surface area contributed by atoms with Gasteiger partial charge in [0.15, 0.2) is 5.16 Å². The lowest BCUT2D eigenvalue weighted by atomic mass is 10.3. The highest BCUT2D eigenvalue weighted by Gasteiger charge is 2.29. The van der Waals surface area contributed by atoms with Crippen molar-refractivity contribution in [2.24, 2.45) is 0 Å². The third-order valence-corrected chi connectivity index (χ3v) is 7.46. The van der Waals surface area contributed by atoms with Gasteiger partial charge in [-0.3, -0.25) is 4.79 Å². The molecule has 4 heterocycles. The number of thioether (sulfide) groups is 1. The third-order valence-electron chi connectivity index (χ3n) is 4.55. The van der Waals surface area contributed by atoms with E-state index in [9.17, 15) is 4.79 Å². The molecule has 1 saturated carbocycles. The van der Waals surface area contributed by atoms with Crippen LogP contribution in [0.1, 0.15) is 47.2 Å². The minimum atomic E-state index is -0.126. The van der Waals surface area contributed by atoms with E-state index in [1.807, 2.05) is 6.92 Å². The molecule has 0 bridgehead atoms. The normalized spacial score (nSPS) is 14.2. The average molecular weight is 431 g/mol. The van der Waals surface area contributed by atoms with Crippen LogP contribution in [0, 0.1) is 0 Å². The number of nitrogens with zero attached hydrogens (tertiary/aromatic N) is 6. The molecule has 0 unspecified atom stereocenters. The van der Waals surface area contributed by atoms with Gasteiger partial charge in [-0.15, -0.1) is 21.5 Å². The highest BCUT2D eigenvalue weighted by Crippen LogP contribution is 2.39. The van der Waals surface area contributed by atoms with Crippen molar-refractivity contribution in [2.75, 3.05) is 0 Å². The van der Waals surface area contributed by atoms with Crippen LogP contribution in [0.4, 0.5) is 0 Å². The molecule has 4 aromatic heterocycles. The predicted octanol–water partition coefficient (Wildman–Crippen LogP) is 3.58. The summed E-state index contributed by atoms with van der Waals surface area (Å²) in [6, 6.07) is 6.28. The maximum absolute atomic E-state index is 12.3. The van der Waals surface area contributed by atoms with Crippen LogP contribution in [0.3, 0.4) is 0 Å². The van der Waals surface area contributed by atoms with Crippen molar-refractivity contribution in [3.63, 3.8) is 0 Å². The molecule has 4 aromatic rings. The first-order valence-electron chi connectivity index (χ1n) is 9.19. The third kappa shape index (κ3) is 3.51. The smallest absolute Gasteiger partial charge is 0.275 e. The monoisotopic (exact) mass is 430 g/mol. The standard InChI is InChI=1S/C18H18N6OS3/c1-2-15-22-24-16(25)8-11(19-17(24)28-15)10-27-18-21-20-14(23(18)12-5-6-12)9-13-4-3-7-26-13/h3-4,7-8,12H,2,5-6,9-10H2,1H3. The van der Waals surface area contributed by atoms with Gasteiger partial charge < -0.3 is 4.57 Å². The predicted molar refractivity (Wildman–Crippen MR) is 111 cm³/mol. The van der Waals surface area contributed by atoms with E-state index in [4.69, 9.17) is 0 Å². The van der Waals surface area contributed by atoms with Crippen molar-refractivity contribution < 1.29 is 0 Å². The molecule has 144 valence electrons. The van der Waals surface area contributed by atoms with Crippen LogP contribution in [0.5, 0.6) is 0 Å². The van der Waals surface area contributed by atoms with Crippen LogP contribution in [-0.4, -0.2) is 29.4 Å². The fraction of sp³-hybridized carbons (Fsp3) is 0.389. The SMILES string of the molecule is CCc1nn2c(=O)cc(CSc3nnc(Cc4cccs4)n3C3CC3)nc2s1. The van der Waals surface area contributed by atoms with Crippen LogP contribution in [0.25, 0.3) is 4.96 Å². The number of aryl methyl sites for hydroxylation is 1. The summed E-state index contributed by atoms with van der Waals surface area (Å²) in [6.45, 7) is 2.03. The van der Waals surface area contributed by atoms with Crippen LogP contribution in [-0.2, 0) is 18.6 Å². The molecular weight excluding hydrogens is 412 g/mol. The molecule has 0 aromatic carbocycles. The summed E-state index contributed by atoms with van der Waals surface area (Å²) < 4.78 is 3.67. The van der Waals surface area contributed by atoms with Crippen LogP contribution in [0.15, 0.2) is 33.5 Å². The number of rotatable bonds is 7. The summed E-state index contributed by atoms with van der Waals surface area (Å²) in [7, 11) is 0. The van der Waals surface area contributed by atoms with Gasteiger partial charge in [-0.25, -0.2) is 4.98 Å². The molecular formula is C18H18N6OS3. The topological polar surface area (TPSA) is 78.0 Å². The number of aromatic nitrogens is 6. The van der Waals surface area contributed by atoms with E-state index in [2.05, 4.69) is 42.4 Å². The molecule has 5 rings (SSSR count). The van der Waals surface area contributed by atoms with Crippen molar-refractivity contribution in [3.8, 4) is 0 Å². The lowest BCUT2D eigenvalue weighted by molar-refractivity contribution is 0.635. The maximum atomic E-state index is 12.3. The number of hydrogen-bond donors (Lipinski definition) is 0. The molecule has 0 atom stereocenters. The Balaban J connectivity index is 1.39. The van der Waals surface area contributed by atoms with Gasteiger partial charge in [-0.05, 0) is 30.7 Å². The van der Waals surface area contributed by atoms with Crippen LogP contribution in [0.2, 0.25) is 0 Å². The molecule has 0 N–H and O–H groups in total. The Bertz CT molecular complexity index is 1170. The Hall–Kier alpha value is -2.04. The molecule has 0 radical (unpaired) electrons. The van der Waals surface area contributed by atoms with Gasteiger partial charge in [-0.1, -0.05) is 36.1 Å². The zero-order valence-corrected chi connectivity index (χ0v) is 17.7. The molecule has 0 aliphatic heterocycles. The lowest BCUT2D eigenvalue weighted by Gasteiger charge is -2.08. The zero-order valence-electron chi connectivity index (χ0n) is 15.2. The summed E-state index contributed by atoms with van der Waals surface area (Å²) in [5.74, 6) is 1.61. The van der Waals surface area contributed by atoms with Gasteiger partial charge in [0.1, 0.15) is 10.8 Å². The minimum absolute atomic E-state index is 0.126. The molecule has 10 heteroatoms. The average Bonchev–Trinajstić information content (AvgIpc) is 3.09. The minimum Gasteiger partial charge on any atom is -0.303 e. The zero-order chi connectivity index (χ0) is 19.1. The second-order valence-electron chi connectivity index (χ2n) is 6.67. The van der Waals surface area contributed by atoms with Crippen molar-refractivity contribution in [1.29, 1.82) is 0 Å². The molecule has 0 amide bonds. The van der Waals surface area contributed by atoms with E-state index in [1.165, 1.54) is 33.6 Å².